The fraction of sp³-hybridized carbons (Fsp3) is 0.571. The summed E-state index contributed by atoms with van der Waals surface area (Å²) in [5.41, 5.74) is 8.82. The minimum absolute atomic E-state index is 0.307. The van der Waals surface area contributed by atoms with Crippen molar-refractivity contribution in [3.8, 4) is 0 Å². The van der Waals surface area contributed by atoms with E-state index in [1.165, 1.54) is 17.5 Å². The van der Waals surface area contributed by atoms with E-state index in [2.05, 4.69) is 45.0 Å². The largest absolute Gasteiger partial charge is 0.327 e. The van der Waals surface area contributed by atoms with Crippen LogP contribution < -0.4 is 5.73 Å². The van der Waals surface area contributed by atoms with Crippen LogP contribution in [0.15, 0.2) is 24.3 Å². The summed E-state index contributed by atoms with van der Waals surface area (Å²) >= 11 is 0. The van der Waals surface area contributed by atoms with Gasteiger partial charge in [0, 0.05) is 6.04 Å². The monoisotopic (exact) mass is 205 g/mol. The molecule has 0 bridgehead atoms. The maximum absolute atomic E-state index is 6.13. The molecule has 0 aliphatic heterocycles. The van der Waals surface area contributed by atoms with E-state index >= 15 is 0 Å². The molecule has 1 aromatic rings. The van der Waals surface area contributed by atoms with Crippen molar-refractivity contribution in [3.05, 3.63) is 35.4 Å². The van der Waals surface area contributed by atoms with Crippen LogP contribution in [0.1, 0.15) is 37.8 Å². The van der Waals surface area contributed by atoms with Gasteiger partial charge in [-0.25, -0.2) is 0 Å². The molecule has 1 rings (SSSR count). The Hall–Kier alpha value is -0.820. The molecule has 0 aromatic heterocycles. The first-order chi connectivity index (χ1) is 7.11. The third kappa shape index (κ3) is 4.48. The molecule has 0 radical (unpaired) electrons. The summed E-state index contributed by atoms with van der Waals surface area (Å²) in [5.74, 6) is 0.741. The minimum atomic E-state index is 0.307. The van der Waals surface area contributed by atoms with E-state index in [9.17, 15) is 0 Å². The molecule has 1 heteroatoms. The van der Waals surface area contributed by atoms with Crippen LogP contribution in [0.3, 0.4) is 0 Å². The molecule has 2 N–H and O–H groups in total. The SMILES string of the molecule is CCC(C)CC(N)Cc1cccc(C)c1. The third-order valence-electron chi connectivity index (χ3n) is 2.98. The van der Waals surface area contributed by atoms with Crippen LogP contribution in [-0.4, -0.2) is 6.04 Å². The summed E-state index contributed by atoms with van der Waals surface area (Å²) in [5, 5.41) is 0. The van der Waals surface area contributed by atoms with E-state index in [1.807, 2.05) is 0 Å². The Balaban J connectivity index is 2.47. The third-order valence-corrected chi connectivity index (χ3v) is 2.98. The second-order valence-corrected chi connectivity index (χ2v) is 4.70. The summed E-state index contributed by atoms with van der Waals surface area (Å²) in [6.45, 7) is 6.63. The van der Waals surface area contributed by atoms with Gasteiger partial charge in [0.2, 0.25) is 0 Å². The van der Waals surface area contributed by atoms with Crippen molar-refractivity contribution in [2.24, 2.45) is 11.7 Å². The molecular formula is C14H23N. The Morgan fingerprint density at radius 3 is 2.67 bits per heavy atom. The van der Waals surface area contributed by atoms with E-state index < -0.39 is 0 Å². The second kappa shape index (κ2) is 5.92. The first-order valence-corrected chi connectivity index (χ1v) is 5.93. The van der Waals surface area contributed by atoms with Crippen molar-refractivity contribution >= 4 is 0 Å². The normalized spacial score (nSPS) is 14.9. The molecular weight excluding hydrogens is 182 g/mol. The van der Waals surface area contributed by atoms with Crippen molar-refractivity contribution in [2.45, 2.75) is 46.1 Å². The van der Waals surface area contributed by atoms with Crippen LogP contribution >= 0.6 is 0 Å². The Bertz CT molecular complexity index is 293. The minimum Gasteiger partial charge on any atom is -0.327 e. The van der Waals surface area contributed by atoms with E-state index in [1.54, 1.807) is 0 Å². The average molecular weight is 205 g/mol. The highest BCUT2D eigenvalue weighted by Gasteiger charge is 2.08. The van der Waals surface area contributed by atoms with E-state index in [0.29, 0.717) is 6.04 Å². The van der Waals surface area contributed by atoms with Crippen LogP contribution in [-0.2, 0) is 6.42 Å². The number of benzene rings is 1. The van der Waals surface area contributed by atoms with Crippen molar-refractivity contribution in [3.63, 3.8) is 0 Å². The highest BCUT2D eigenvalue weighted by Crippen LogP contribution is 2.13. The maximum atomic E-state index is 6.13. The van der Waals surface area contributed by atoms with Gasteiger partial charge >= 0.3 is 0 Å². The molecule has 1 aromatic carbocycles. The van der Waals surface area contributed by atoms with Crippen LogP contribution in [0.25, 0.3) is 0 Å². The van der Waals surface area contributed by atoms with Crippen LogP contribution in [0, 0.1) is 12.8 Å². The van der Waals surface area contributed by atoms with Crippen molar-refractivity contribution in [1.29, 1.82) is 0 Å². The second-order valence-electron chi connectivity index (χ2n) is 4.70. The summed E-state index contributed by atoms with van der Waals surface area (Å²) in [6, 6.07) is 8.95. The van der Waals surface area contributed by atoms with Gasteiger partial charge < -0.3 is 5.73 Å². The lowest BCUT2D eigenvalue weighted by molar-refractivity contribution is 0.450. The number of hydrogen-bond acceptors (Lipinski definition) is 1. The summed E-state index contributed by atoms with van der Waals surface area (Å²) in [4.78, 5) is 0. The molecule has 84 valence electrons. The molecule has 0 saturated carbocycles. The zero-order valence-electron chi connectivity index (χ0n) is 10.2. The van der Waals surface area contributed by atoms with Gasteiger partial charge in [0.1, 0.15) is 0 Å². The lowest BCUT2D eigenvalue weighted by Crippen LogP contribution is -2.25. The highest BCUT2D eigenvalue weighted by molar-refractivity contribution is 5.22. The predicted molar refractivity (Wildman–Crippen MR) is 66.9 cm³/mol. The number of hydrogen-bond donors (Lipinski definition) is 1. The molecule has 0 aliphatic carbocycles. The van der Waals surface area contributed by atoms with Gasteiger partial charge in [0.25, 0.3) is 0 Å². The fourth-order valence-electron chi connectivity index (χ4n) is 1.91. The highest BCUT2D eigenvalue weighted by atomic mass is 14.6. The van der Waals surface area contributed by atoms with Gasteiger partial charge in [-0.15, -0.1) is 0 Å². The van der Waals surface area contributed by atoms with Crippen molar-refractivity contribution < 1.29 is 0 Å². The fourth-order valence-corrected chi connectivity index (χ4v) is 1.91. The van der Waals surface area contributed by atoms with Crippen LogP contribution in [0.4, 0.5) is 0 Å². The molecule has 2 atom stereocenters. The molecule has 1 nitrogen and oxygen atoms in total. The lowest BCUT2D eigenvalue weighted by Gasteiger charge is -2.16. The van der Waals surface area contributed by atoms with Gasteiger partial charge in [-0.3, -0.25) is 0 Å². The van der Waals surface area contributed by atoms with Gasteiger partial charge in [0.15, 0.2) is 0 Å². The Kier molecular flexibility index (Phi) is 4.83. The zero-order chi connectivity index (χ0) is 11.3. The van der Waals surface area contributed by atoms with Crippen LogP contribution in [0.2, 0.25) is 0 Å². The van der Waals surface area contributed by atoms with E-state index in [4.69, 9.17) is 5.73 Å². The zero-order valence-corrected chi connectivity index (χ0v) is 10.2. The number of rotatable bonds is 5. The average Bonchev–Trinajstić information content (AvgIpc) is 2.17. The van der Waals surface area contributed by atoms with E-state index in [0.717, 1.165) is 18.8 Å². The molecule has 0 aliphatic rings. The van der Waals surface area contributed by atoms with Gasteiger partial charge in [-0.1, -0.05) is 50.1 Å². The van der Waals surface area contributed by atoms with Crippen molar-refractivity contribution in [1.82, 2.24) is 0 Å². The maximum Gasteiger partial charge on any atom is 0.00818 e. The van der Waals surface area contributed by atoms with Gasteiger partial charge in [-0.05, 0) is 31.2 Å². The number of nitrogens with two attached hydrogens (primary N) is 1. The Morgan fingerprint density at radius 1 is 1.33 bits per heavy atom. The van der Waals surface area contributed by atoms with E-state index in [-0.39, 0.29) is 0 Å². The first kappa shape index (κ1) is 12.3. The van der Waals surface area contributed by atoms with Gasteiger partial charge in [0.05, 0.1) is 0 Å². The summed E-state index contributed by atoms with van der Waals surface area (Å²) < 4.78 is 0. The Morgan fingerprint density at radius 2 is 2.07 bits per heavy atom. The molecule has 0 saturated heterocycles. The quantitative estimate of drug-likeness (QED) is 0.784. The topological polar surface area (TPSA) is 26.0 Å². The smallest absolute Gasteiger partial charge is 0.00818 e. The number of aryl methyl sites for hydroxylation is 1. The summed E-state index contributed by atoms with van der Waals surface area (Å²) in [6.07, 6.45) is 3.36. The van der Waals surface area contributed by atoms with Crippen LogP contribution in [0.5, 0.6) is 0 Å². The molecule has 0 fully saturated rings. The molecule has 0 heterocycles. The molecule has 0 spiro atoms. The first-order valence-electron chi connectivity index (χ1n) is 5.93. The summed E-state index contributed by atoms with van der Waals surface area (Å²) in [7, 11) is 0. The van der Waals surface area contributed by atoms with Gasteiger partial charge in [-0.2, -0.15) is 0 Å². The molecule has 0 amide bonds. The predicted octanol–water partition coefficient (Wildman–Crippen LogP) is 3.30. The van der Waals surface area contributed by atoms with Crippen molar-refractivity contribution in [2.75, 3.05) is 0 Å². The lowest BCUT2D eigenvalue weighted by atomic mass is 9.95. The molecule has 15 heavy (non-hydrogen) atoms. The molecule has 2 unspecified atom stereocenters. The Labute approximate surface area is 93.7 Å². The standard InChI is InChI=1S/C14H23N/c1-4-11(2)9-14(15)10-13-7-5-6-12(3)8-13/h5-8,11,14H,4,9-10,15H2,1-3H3.